The summed E-state index contributed by atoms with van der Waals surface area (Å²) in [6, 6.07) is 0. The molecule has 44 valence electrons. The summed E-state index contributed by atoms with van der Waals surface area (Å²) < 4.78 is 0. The Balaban J connectivity index is 3.44. The van der Waals surface area contributed by atoms with Gasteiger partial charge in [-0.15, -0.1) is 5.10 Å². The lowest BCUT2D eigenvalue weighted by Gasteiger charge is -1.84. The van der Waals surface area contributed by atoms with E-state index in [4.69, 9.17) is 0 Å². The van der Waals surface area contributed by atoms with Crippen LogP contribution in [0.15, 0.2) is 10.2 Å². The van der Waals surface area contributed by atoms with E-state index in [1.165, 1.54) is 0 Å². The first-order valence-corrected chi connectivity index (χ1v) is 2.51. The lowest BCUT2D eigenvalue weighted by molar-refractivity contribution is 0.814. The van der Waals surface area contributed by atoms with Gasteiger partial charge in [0.2, 0.25) is 0 Å². The first-order valence-electron chi connectivity index (χ1n) is 2.10. The van der Waals surface area contributed by atoms with Gasteiger partial charge in [-0.05, 0) is 26.1 Å². The van der Waals surface area contributed by atoms with Gasteiger partial charge in [-0.3, -0.25) is 0 Å². The summed E-state index contributed by atoms with van der Waals surface area (Å²) in [7, 11) is 0. The Bertz CT molecular complexity index is 130. The highest BCUT2D eigenvalue weighted by Crippen LogP contribution is 1.66. The number of nitrogens with zero attached hydrogens (tertiary/aromatic N) is 2. The zero-order valence-corrected chi connectivity index (χ0v) is 5.62. The fraction of sp³-hybridized carbons (Fsp3) is 0.500. The molecule has 0 rings (SSSR count). The molecule has 0 spiro atoms. The number of nitrogens with one attached hydrogen (secondary N) is 1. The van der Waals surface area contributed by atoms with E-state index in [0.29, 0.717) is 0 Å². The van der Waals surface area contributed by atoms with Crippen molar-refractivity contribution in [3.63, 3.8) is 0 Å². The van der Waals surface area contributed by atoms with Gasteiger partial charge in [-0.25, -0.2) is 0 Å². The second kappa shape index (κ2) is 4.43. The summed E-state index contributed by atoms with van der Waals surface area (Å²) in [5, 5.41) is 9.14. The van der Waals surface area contributed by atoms with Gasteiger partial charge in [0.1, 0.15) is 0 Å². The van der Waals surface area contributed by atoms with Crippen molar-refractivity contribution in [3.8, 4) is 0 Å². The van der Waals surface area contributed by atoms with Crippen LogP contribution in [0, 0.1) is 0 Å². The third-order valence-corrected chi connectivity index (χ3v) is 0.461. The number of hydrogen-bond donors (Lipinski definition) is 1. The molecule has 8 heavy (non-hydrogen) atoms. The van der Waals surface area contributed by atoms with Crippen LogP contribution in [0.4, 0.5) is 0 Å². The lowest BCUT2D eigenvalue weighted by Crippen LogP contribution is -1.95. The molecule has 1 N–H and O–H groups in total. The molecule has 0 unspecified atom stereocenters. The molecule has 0 aliphatic rings. The summed E-state index contributed by atoms with van der Waals surface area (Å²) in [4.78, 5) is 0. The maximum atomic E-state index is 4.26. The number of hydrazone groups is 2. The van der Waals surface area contributed by atoms with Gasteiger partial charge in [-0.2, -0.15) is 10.6 Å². The minimum atomic E-state index is 0.902. The highest BCUT2D eigenvalue weighted by Gasteiger charge is 1.70. The topological polar surface area (TPSA) is 36.8 Å². The van der Waals surface area contributed by atoms with E-state index in [2.05, 4.69) is 33.1 Å². The second-order valence-electron chi connectivity index (χ2n) is 1.36. The summed E-state index contributed by atoms with van der Waals surface area (Å²) >= 11 is 4.26. The van der Waals surface area contributed by atoms with Crippen LogP contribution >= 0.6 is 12.2 Å². The summed E-state index contributed by atoms with van der Waals surface area (Å²) in [6.45, 7) is 3.71. The van der Waals surface area contributed by atoms with Crippen LogP contribution in [-0.4, -0.2) is 10.9 Å². The van der Waals surface area contributed by atoms with E-state index in [0.717, 1.165) is 5.71 Å². The standard InChI is InChI=1S/C4H7N3S/c1-4(2)6-7-5-3-8/h7H,1-2H3. The molecule has 0 heterocycles. The van der Waals surface area contributed by atoms with Crippen molar-refractivity contribution in [1.29, 1.82) is 0 Å². The molecule has 0 radical (unpaired) electrons. The molecule has 0 atom stereocenters. The van der Waals surface area contributed by atoms with Crippen molar-refractivity contribution in [2.45, 2.75) is 13.8 Å². The fourth-order valence-corrected chi connectivity index (χ4v) is 0.186. The lowest BCUT2D eigenvalue weighted by atomic mass is 10.5. The normalized spacial score (nSPS) is 6.75. The first-order chi connectivity index (χ1) is 3.77. The van der Waals surface area contributed by atoms with Crippen molar-refractivity contribution in [3.05, 3.63) is 0 Å². The van der Waals surface area contributed by atoms with Crippen molar-refractivity contribution >= 4 is 23.1 Å². The van der Waals surface area contributed by atoms with Gasteiger partial charge in [0.05, 0.1) is 5.16 Å². The first kappa shape index (κ1) is 7.27. The molecule has 3 nitrogen and oxygen atoms in total. The van der Waals surface area contributed by atoms with Gasteiger partial charge >= 0.3 is 0 Å². The van der Waals surface area contributed by atoms with E-state index in [1.54, 1.807) is 0 Å². The smallest absolute Gasteiger partial charge is 0.0864 e. The Morgan fingerprint density at radius 3 is 2.62 bits per heavy atom. The molecule has 0 amide bonds. The van der Waals surface area contributed by atoms with Crippen LogP contribution in [-0.2, 0) is 0 Å². The van der Waals surface area contributed by atoms with Crippen molar-refractivity contribution in [2.75, 3.05) is 0 Å². The van der Waals surface area contributed by atoms with Crippen LogP contribution in [0.25, 0.3) is 0 Å². The van der Waals surface area contributed by atoms with Crippen molar-refractivity contribution in [1.82, 2.24) is 5.53 Å². The number of hydrogen-bond acceptors (Lipinski definition) is 4. The molecule has 0 saturated carbocycles. The highest BCUT2D eigenvalue weighted by molar-refractivity contribution is 7.78. The van der Waals surface area contributed by atoms with Crippen molar-refractivity contribution in [2.24, 2.45) is 10.2 Å². The minimum Gasteiger partial charge on any atom is -0.189 e. The fourth-order valence-electron chi connectivity index (χ4n) is 0.145. The molecule has 0 aromatic heterocycles. The van der Waals surface area contributed by atoms with E-state index in [9.17, 15) is 0 Å². The molecule has 0 fully saturated rings. The second-order valence-corrected chi connectivity index (χ2v) is 1.54. The maximum Gasteiger partial charge on any atom is 0.0864 e. The van der Waals surface area contributed by atoms with Crippen molar-refractivity contribution < 1.29 is 0 Å². The molecule has 0 aliphatic heterocycles. The molecule has 4 heteroatoms. The SMILES string of the molecule is CC(C)=NNN=C=S. The van der Waals surface area contributed by atoms with Crippen LogP contribution in [0.3, 0.4) is 0 Å². The highest BCUT2D eigenvalue weighted by atomic mass is 32.1. The molecule has 0 aromatic carbocycles. The number of rotatable bonds is 2. The van der Waals surface area contributed by atoms with E-state index in [-0.39, 0.29) is 0 Å². The predicted molar refractivity (Wildman–Crippen MR) is 36.9 cm³/mol. The largest absolute Gasteiger partial charge is 0.189 e. The molecular formula is C4H7N3S. The van der Waals surface area contributed by atoms with Crippen LogP contribution in [0.1, 0.15) is 13.8 Å². The van der Waals surface area contributed by atoms with E-state index >= 15 is 0 Å². The predicted octanol–water partition coefficient (Wildman–Crippen LogP) is 0.990. The zero-order valence-electron chi connectivity index (χ0n) is 4.80. The Hall–Kier alpha value is -0.730. The zero-order chi connectivity index (χ0) is 6.41. The van der Waals surface area contributed by atoms with Gasteiger partial charge in [-0.1, -0.05) is 0 Å². The third kappa shape index (κ3) is 5.27. The molecular weight excluding hydrogens is 122 g/mol. The Morgan fingerprint density at radius 2 is 2.25 bits per heavy atom. The summed E-state index contributed by atoms with van der Waals surface area (Å²) in [5.41, 5.74) is 3.23. The quantitative estimate of drug-likeness (QED) is 0.343. The van der Waals surface area contributed by atoms with E-state index in [1.807, 2.05) is 13.8 Å². The molecule has 0 aromatic rings. The minimum absolute atomic E-state index is 0.902. The Kier molecular flexibility index (Phi) is 4.03. The average Bonchev–Trinajstić information content (AvgIpc) is 1.66. The number of thiocarbonyl (C=S) groups is 1. The number of isothiocyanates is 1. The third-order valence-electron chi connectivity index (χ3n) is 0.369. The van der Waals surface area contributed by atoms with Crippen LogP contribution in [0.2, 0.25) is 0 Å². The van der Waals surface area contributed by atoms with Gasteiger partial charge in [0.15, 0.2) is 0 Å². The van der Waals surface area contributed by atoms with Crippen LogP contribution < -0.4 is 5.53 Å². The van der Waals surface area contributed by atoms with Crippen LogP contribution in [0.5, 0.6) is 0 Å². The summed E-state index contributed by atoms with van der Waals surface area (Å²) in [6.07, 6.45) is 0. The van der Waals surface area contributed by atoms with Gasteiger partial charge < -0.3 is 0 Å². The van der Waals surface area contributed by atoms with Gasteiger partial charge in [0, 0.05) is 5.71 Å². The average molecular weight is 129 g/mol. The Morgan fingerprint density at radius 1 is 1.62 bits per heavy atom. The maximum absolute atomic E-state index is 4.26. The van der Waals surface area contributed by atoms with Gasteiger partial charge in [0.25, 0.3) is 0 Å². The van der Waals surface area contributed by atoms with E-state index < -0.39 is 0 Å². The molecule has 0 saturated heterocycles. The Labute approximate surface area is 53.5 Å². The summed E-state index contributed by atoms with van der Waals surface area (Å²) in [5.74, 6) is 0. The molecule has 0 aliphatic carbocycles. The molecule has 0 bridgehead atoms. The monoisotopic (exact) mass is 129 g/mol.